The van der Waals surface area contributed by atoms with E-state index in [0.29, 0.717) is 5.02 Å². The Morgan fingerprint density at radius 3 is 2.33 bits per heavy atom. The fourth-order valence-corrected chi connectivity index (χ4v) is 2.41. The Bertz CT molecular complexity index is 584. The molecular weight excluding hydrogens is 286 g/mol. The number of nitrogens with one attached hydrogen (secondary N) is 1. The van der Waals surface area contributed by atoms with Crippen molar-refractivity contribution in [3.05, 3.63) is 53.1 Å². The molecular formula is C17H20ClNO2. The summed E-state index contributed by atoms with van der Waals surface area (Å²) in [5.74, 6) is 1.64. The number of anilines is 1. The standard InChI is InChI=1S/C17H20ClNO2/c1-4-15(12-5-8-14(20-2)9-6-12)19-16-11-13(18)7-10-17(16)21-3/h5-11,15,19H,4H2,1-3H3. The second-order valence-electron chi connectivity index (χ2n) is 4.72. The SMILES string of the molecule is CCC(Nc1cc(Cl)ccc1OC)c1ccc(OC)cc1. The Balaban J connectivity index is 2.23. The fourth-order valence-electron chi connectivity index (χ4n) is 2.24. The summed E-state index contributed by atoms with van der Waals surface area (Å²) in [4.78, 5) is 0. The van der Waals surface area contributed by atoms with Crippen LogP contribution in [0.4, 0.5) is 5.69 Å². The van der Waals surface area contributed by atoms with Crippen molar-refractivity contribution in [2.45, 2.75) is 19.4 Å². The normalized spacial score (nSPS) is 11.8. The zero-order valence-electron chi connectivity index (χ0n) is 12.5. The molecule has 0 aliphatic rings. The van der Waals surface area contributed by atoms with Gasteiger partial charge in [0.2, 0.25) is 0 Å². The van der Waals surface area contributed by atoms with Crippen LogP contribution in [0.15, 0.2) is 42.5 Å². The average molecular weight is 306 g/mol. The van der Waals surface area contributed by atoms with Crippen molar-refractivity contribution in [2.24, 2.45) is 0 Å². The van der Waals surface area contributed by atoms with E-state index in [1.165, 1.54) is 5.56 Å². The van der Waals surface area contributed by atoms with E-state index in [1.807, 2.05) is 30.3 Å². The molecule has 0 bridgehead atoms. The van der Waals surface area contributed by atoms with E-state index in [9.17, 15) is 0 Å². The zero-order valence-corrected chi connectivity index (χ0v) is 13.3. The van der Waals surface area contributed by atoms with E-state index in [2.05, 4.69) is 24.4 Å². The lowest BCUT2D eigenvalue weighted by Gasteiger charge is -2.21. The van der Waals surface area contributed by atoms with Gasteiger partial charge in [0.15, 0.2) is 0 Å². The summed E-state index contributed by atoms with van der Waals surface area (Å²) >= 11 is 6.07. The van der Waals surface area contributed by atoms with Crippen LogP contribution < -0.4 is 14.8 Å². The molecule has 0 fully saturated rings. The van der Waals surface area contributed by atoms with E-state index in [1.54, 1.807) is 14.2 Å². The summed E-state index contributed by atoms with van der Waals surface area (Å²) in [5, 5.41) is 4.18. The highest BCUT2D eigenvalue weighted by molar-refractivity contribution is 6.30. The number of rotatable bonds is 6. The molecule has 0 aliphatic heterocycles. The van der Waals surface area contributed by atoms with Crippen molar-refractivity contribution in [3.63, 3.8) is 0 Å². The number of benzene rings is 2. The third kappa shape index (κ3) is 3.82. The largest absolute Gasteiger partial charge is 0.497 e. The molecule has 0 radical (unpaired) electrons. The van der Waals surface area contributed by atoms with E-state index >= 15 is 0 Å². The molecule has 2 aromatic rings. The van der Waals surface area contributed by atoms with Crippen molar-refractivity contribution in [2.75, 3.05) is 19.5 Å². The van der Waals surface area contributed by atoms with Gasteiger partial charge in [-0.05, 0) is 42.3 Å². The highest BCUT2D eigenvalue weighted by Gasteiger charge is 2.12. The molecule has 2 rings (SSSR count). The second kappa shape index (κ2) is 7.23. The maximum absolute atomic E-state index is 6.07. The summed E-state index contributed by atoms with van der Waals surface area (Å²) in [6.45, 7) is 2.14. The highest BCUT2D eigenvalue weighted by Crippen LogP contribution is 2.32. The molecule has 1 N–H and O–H groups in total. The average Bonchev–Trinajstić information content (AvgIpc) is 2.53. The third-order valence-electron chi connectivity index (χ3n) is 3.42. The van der Waals surface area contributed by atoms with Crippen molar-refractivity contribution >= 4 is 17.3 Å². The van der Waals surface area contributed by atoms with Crippen LogP contribution in [0.2, 0.25) is 5.02 Å². The maximum atomic E-state index is 6.07. The second-order valence-corrected chi connectivity index (χ2v) is 5.16. The van der Waals surface area contributed by atoms with Crippen LogP contribution in [-0.2, 0) is 0 Å². The van der Waals surface area contributed by atoms with Crippen molar-refractivity contribution in [3.8, 4) is 11.5 Å². The molecule has 112 valence electrons. The first-order chi connectivity index (χ1) is 10.2. The first-order valence-corrected chi connectivity index (χ1v) is 7.29. The number of hydrogen-bond donors (Lipinski definition) is 1. The number of hydrogen-bond acceptors (Lipinski definition) is 3. The van der Waals surface area contributed by atoms with Gasteiger partial charge in [-0.15, -0.1) is 0 Å². The van der Waals surface area contributed by atoms with Crippen LogP contribution in [-0.4, -0.2) is 14.2 Å². The van der Waals surface area contributed by atoms with Gasteiger partial charge in [-0.2, -0.15) is 0 Å². The third-order valence-corrected chi connectivity index (χ3v) is 3.65. The summed E-state index contributed by atoms with van der Waals surface area (Å²) in [5.41, 5.74) is 2.09. The summed E-state index contributed by atoms with van der Waals surface area (Å²) < 4.78 is 10.6. The van der Waals surface area contributed by atoms with Gasteiger partial charge >= 0.3 is 0 Å². The Kier molecular flexibility index (Phi) is 5.34. The first kappa shape index (κ1) is 15.5. The molecule has 3 nitrogen and oxygen atoms in total. The predicted molar refractivity (Wildman–Crippen MR) is 87.7 cm³/mol. The minimum Gasteiger partial charge on any atom is -0.497 e. The summed E-state index contributed by atoms with van der Waals surface area (Å²) in [7, 11) is 3.32. The monoisotopic (exact) mass is 305 g/mol. The van der Waals surface area contributed by atoms with Gasteiger partial charge in [-0.3, -0.25) is 0 Å². The zero-order chi connectivity index (χ0) is 15.2. The molecule has 1 atom stereocenters. The smallest absolute Gasteiger partial charge is 0.142 e. The molecule has 0 aromatic heterocycles. The Hall–Kier alpha value is -1.87. The Labute approximate surface area is 130 Å². The Morgan fingerprint density at radius 1 is 1.05 bits per heavy atom. The lowest BCUT2D eigenvalue weighted by molar-refractivity contribution is 0.414. The van der Waals surface area contributed by atoms with E-state index < -0.39 is 0 Å². The maximum Gasteiger partial charge on any atom is 0.142 e. The van der Waals surface area contributed by atoms with Crippen molar-refractivity contribution in [1.82, 2.24) is 0 Å². The topological polar surface area (TPSA) is 30.5 Å². The molecule has 0 aliphatic carbocycles. The molecule has 0 saturated carbocycles. The van der Waals surface area contributed by atoms with Crippen LogP contribution >= 0.6 is 11.6 Å². The van der Waals surface area contributed by atoms with Gasteiger partial charge in [-0.1, -0.05) is 30.7 Å². The highest BCUT2D eigenvalue weighted by atomic mass is 35.5. The number of ether oxygens (including phenoxy) is 2. The molecule has 0 spiro atoms. The quantitative estimate of drug-likeness (QED) is 0.821. The predicted octanol–water partition coefficient (Wildman–Crippen LogP) is 4.92. The minimum atomic E-state index is 0.184. The molecule has 21 heavy (non-hydrogen) atoms. The summed E-state index contributed by atoms with van der Waals surface area (Å²) in [6, 6.07) is 13.8. The van der Waals surface area contributed by atoms with Gasteiger partial charge in [-0.25, -0.2) is 0 Å². The lowest BCUT2D eigenvalue weighted by Crippen LogP contribution is -2.10. The van der Waals surface area contributed by atoms with Gasteiger partial charge in [0.05, 0.1) is 25.9 Å². The first-order valence-electron chi connectivity index (χ1n) is 6.92. The molecule has 1 unspecified atom stereocenters. The number of halogens is 1. The van der Waals surface area contributed by atoms with Crippen LogP contribution in [0.1, 0.15) is 24.9 Å². The Morgan fingerprint density at radius 2 is 1.76 bits per heavy atom. The van der Waals surface area contributed by atoms with Crippen molar-refractivity contribution < 1.29 is 9.47 Å². The molecule has 0 heterocycles. The molecule has 0 amide bonds. The van der Waals surface area contributed by atoms with Crippen molar-refractivity contribution in [1.29, 1.82) is 0 Å². The lowest BCUT2D eigenvalue weighted by atomic mass is 10.0. The van der Waals surface area contributed by atoms with Crippen LogP contribution in [0.3, 0.4) is 0 Å². The fraction of sp³-hybridized carbons (Fsp3) is 0.294. The van der Waals surface area contributed by atoms with E-state index in [-0.39, 0.29) is 6.04 Å². The van der Waals surface area contributed by atoms with Gasteiger partial charge < -0.3 is 14.8 Å². The van der Waals surface area contributed by atoms with Gasteiger partial charge in [0.1, 0.15) is 11.5 Å². The minimum absolute atomic E-state index is 0.184. The molecule has 0 saturated heterocycles. The summed E-state index contributed by atoms with van der Waals surface area (Å²) in [6.07, 6.45) is 0.946. The molecule has 2 aromatic carbocycles. The van der Waals surface area contributed by atoms with Crippen LogP contribution in [0.25, 0.3) is 0 Å². The molecule has 4 heteroatoms. The van der Waals surface area contributed by atoms with Crippen LogP contribution in [0.5, 0.6) is 11.5 Å². The number of methoxy groups -OCH3 is 2. The van der Waals surface area contributed by atoms with E-state index in [0.717, 1.165) is 23.6 Å². The van der Waals surface area contributed by atoms with Gasteiger partial charge in [0, 0.05) is 5.02 Å². The van der Waals surface area contributed by atoms with Crippen LogP contribution in [0, 0.1) is 0 Å². The van der Waals surface area contributed by atoms with Gasteiger partial charge in [0.25, 0.3) is 0 Å². The van der Waals surface area contributed by atoms with E-state index in [4.69, 9.17) is 21.1 Å².